The lowest BCUT2D eigenvalue weighted by Crippen LogP contribution is -1.93. The molecule has 82 valence electrons. The molecule has 0 fully saturated rings. The van der Waals surface area contributed by atoms with Gasteiger partial charge in [0.25, 0.3) is 0 Å². The minimum Gasteiger partial charge on any atom is -0.265 e. The molecule has 2 heterocycles. The quantitative estimate of drug-likeness (QED) is 0.776. The van der Waals surface area contributed by atoms with Crippen LogP contribution in [0.2, 0.25) is 0 Å². The van der Waals surface area contributed by atoms with Crippen LogP contribution in [0.25, 0.3) is 11.3 Å². The molecule has 1 unspecified atom stereocenters. The van der Waals surface area contributed by atoms with Crippen LogP contribution in [0.15, 0.2) is 42.9 Å². The van der Waals surface area contributed by atoms with Crippen molar-refractivity contribution in [1.29, 1.82) is 0 Å². The van der Waals surface area contributed by atoms with Gasteiger partial charge in [-0.3, -0.25) is 9.97 Å². The molecule has 2 rings (SSSR count). The molecule has 0 saturated carbocycles. The number of pyridine rings is 2. The van der Waals surface area contributed by atoms with E-state index >= 15 is 0 Å². The molecule has 0 amide bonds. The van der Waals surface area contributed by atoms with Crippen LogP contribution in [0.3, 0.4) is 0 Å². The van der Waals surface area contributed by atoms with E-state index in [2.05, 4.69) is 35.9 Å². The summed E-state index contributed by atoms with van der Waals surface area (Å²) in [5, 5.41) is 0. The normalized spacial score (nSPS) is 12.4. The van der Waals surface area contributed by atoms with Crippen molar-refractivity contribution >= 4 is 0 Å². The maximum Gasteiger partial charge on any atom is 0.0703 e. The van der Waals surface area contributed by atoms with Crippen LogP contribution in [-0.2, 0) is 0 Å². The van der Waals surface area contributed by atoms with Crippen LogP contribution >= 0.6 is 0 Å². The monoisotopic (exact) mass is 212 g/mol. The summed E-state index contributed by atoms with van der Waals surface area (Å²) in [6.45, 7) is 4.42. The SMILES string of the molecule is CCC(C)c1ccc(-c2ccncc2)nc1. The van der Waals surface area contributed by atoms with Crippen LogP contribution in [0.1, 0.15) is 31.7 Å². The predicted octanol–water partition coefficient (Wildman–Crippen LogP) is 3.66. The Kier molecular flexibility index (Phi) is 3.30. The minimum absolute atomic E-state index is 0.582. The first-order valence-corrected chi connectivity index (χ1v) is 5.67. The van der Waals surface area contributed by atoms with E-state index in [1.165, 1.54) is 5.56 Å². The van der Waals surface area contributed by atoms with Crippen molar-refractivity contribution in [2.24, 2.45) is 0 Å². The van der Waals surface area contributed by atoms with Gasteiger partial charge in [0, 0.05) is 24.2 Å². The standard InChI is InChI=1S/C14H16N2/c1-3-11(2)13-4-5-14(16-10-13)12-6-8-15-9-7-12/h4-11H,3H2,1-2H3. The summed E-state index contributed by atoms with van der Waals surface area (Å²) in [5.41, 5.74) is 3.43. The Morgan fingerprint density at radius 3 is 2.44 bits per heavy atom. The average molecular weight is 212 g/mol. The number of aromatic nitrogens is 2. The van der Waals surface area contributed by atoms with Gasteiger partial charge < -0.3 is 0 Å². The summed E-state index contributed by atoms with van der Waals surface area (Å²) in [6, 6.07) is 8.20. The molecule has 0 spiro atoms. The highest BCUT2D eigenvalue weighted by Gasteiger charge is 2.04. The predicted molar refractivity (Wildman–Crippen MR) is 66.2 cm³/mol. The second kappa shape index (κ2) is 4.88. The highest BCUT2D eigenvalue weighted by molar-refractivity contribution is 5.58. The summed E-state index contributed by atoms with van der Waals surface area (Å²) in [5.74, 6) is 0.582. The summed E-state index contributed by atoms with van der Waals surface area (Å²) >= 11 is 0. The lowest BCUT2D eigenvalue weighted by atomic mass is 10.00. The van der Waals surface area contributed by atoms with Gasteiger partial charge in [0.15, 0.2) is 0 Å². The molecule has 0 radical (unpaired) electrons. The van der Waals surface area contributed by atoms with Crippen molar-refractivity contribution in [3.05, 3.63) is 48.4 Å². The van der Waals surface area contributed by atoms with Gasteiger partial charge in [0.1, 0.15) is 0 Å². The van der Waals surface area contributed by atoms with Crippen LogP contribution in [0.5, 0.6) is 0 Å². The van der Waals surface area contributed by atoms with Gasteiger partial charge in [-0.15, -0.1) is 0 Å². The Balaban J connectivity index is 2.26. The van der Waals surface area contributed by atoms with E-state index in [4.69, 9.17) is 0 Å². The maximum absolute atomic E-state index is 4.49. The first-order chi connectivity index (χ1) is 7.81. The van der Waals surface area contributed by atoms with Crippen molar-refractivity contribution in [1.82, 2.24) is 9.97 Å². The van der Waals surface area contributed by atoms with Crippen LogP contribution < -0.4 is 0 Å². The third-order valence-corrected chi connectivity index (χ3v) is 2.94. The van der Waals surface area contributed by atoms with E-state index in [1.54, 1.807) is 12.4 Å². The fraction of sp³-hybridized carbons (Fsp3) is 0.286. The molecule has 0 aliphatic rings. The molecule has 0 aromatic carbocycles. The van der Waals surface area contributed by atoms with Gasteiger partial charge in [-0.25, -0.2) is 0 Å². The van der Waals surface area contributed by atoms with E-state index in [0.717, 1.165) is 17.7 Å². The van der Waals surface area contributed by atoms with Crippen molar-refractivity contribution < 1.29 is 0 Å². The Morgan fingerprint density at radius 1 is 1.12 bits per heavy atom. The lowest BCUT2D eigenvalue weighted by molar-refractivity contribution is 0.730. The molecular weight excluding hydrogens is 196 g/mol. The van der Waals surface area contributed by atoms with Crippen molar-refractivity contribution in [3.63, 3.8) is 0 Å². The summed E-state index contributed by atoms with van der Waals surface area (Å²) in [4.78, 5) is 8.49. The van der Waals surface area contributed by atoms with Gasteiger partial charge in [0.2, 0.25) is 0 Å². The minimum atomic E-state index is 0.582. The van der Waals surface area contributed by atoms with E-state index < -0.39 is 0 Å². The zero-order chi connectivity index (χ0) is 11.4. The van der Waals surface area contributed by atoms with Crippen molar-refractivity contribution in [2.45, 2.75) is 26.2 Å². The van der Waals surface area contributed by atoms with E-state index in [-0.39, 0.29) is 0 Å². The average Bonchev–Trinajstić information content (AvgIpc) is 2.39. The van der Waals surface area contributed by atoms with Gasteiger partial charge in [-0.05, 0) is 36.1 Å². The second-order valence-electron chi connectivity index (χ2n) is 4.02. The largest absolute Gasteiger partial charge is 0.265 e. The van der Waals surface area contributed by atoms with Gasteiger partial charge in [-0.2, -0.15) is 0 Å². The maximum atomic E-state index is 4.49. The smallest absolute Gasteiger partial charge is 0.0703 e. The molecule has 2 aromatic rings. The Morgan fingerprint density at radius 2 is 1.88 bits per heavy atom. The van der Waals surface area contributed by atoms with Crippen LogP contribution in [0, 0.1) is 0 Å². The topological polar surface area (TPSA) is 25.8 Å². The van der Waals surface area contributed by atoms with E-state index in [0.29, 0.717) is 5.92 Å². The second-order valence-corrected chi connectivity index (χ2v) is 4.02. The fourth-order valence-electron chi connectivity index (χ4n) is 1.63. The zero-order valence-electron chi connectivity index (χ0n) is 9.72. The zero-order valence-corrected chi connectivity index (χ0v) is 9.72. The number of hydrogen-bond donors (Lipinski definition) is 0. The molecule has 2 heteroatoms. The third-order valence-electron chi connectivity index (χ3n) is 2.94. The number of nitrogens with zero attached hydrogens (tertiary/aromatic N) is 2. The first kappa shape index (κ1) is 10.8. The molecule has 0 N–H and O–H groups in total. The molecule has 0 saturated heterocycles. The van der Waals surface area contributed by atoms with Gasteiger partial charge in [-0.1, -0.05) is 19.9 Å². The Labute approximate surface area is 96.4 Å². The third kappa shape index (κ3) is 2.27. The Bertz CT molecular complexity index is 434. The van der Waals surface area contributed by atoms with Crippen LogP contribution in [-0.4, -0.2) is 9.97 Å². The fourth-order valence-corrected chi connectivity index (χ4v) is 1.63. The molecule has 0 aliphatic heterocycles. The van der Waals surface area contributed by atoms with E-state index in [9.17, 15) is 0 Å². The summed E-state index contributed by atoms with van der Waals surface area (Å²) in [7, 11) is 0. The molecule has 1 atom stereocenters. The molecule has 0 aliphatic carbocycles. The highest BCUT2D eigenvalue weighted by Crippen LogP contribution is 2.21. The van der Waals surface area contributed by atoms with Gasteiger partial charge in [0.05, 0.1) is 5.69 Å². The number of hydrogen-bond acceptors (Lipinski definition) is 2. The number of rotatable bonds is 3. The van der Waals surface area contributed by atoms with E-state index in [1.807, 2.05) is 18.3 Å². The summed E-state index contributed by atoms with van der Waals surface area (Å²) in [6.07, 6.45) is 6.71. The van der Waals surface area contributed by atoms with Crippen molar-refractivity contribution in [3.8, 4) is 11.3 Å². The van der Waals surface area contributed by atoms with Crippen LogP contribution in [0.4, 0.5) is 0 Å². The molecule has 2 aromatic heterocycles. The molecule has 16 heavy (non-hydrogen) atoms. The lowest BCUT2D eigenvalue weighted by Gasteiger charge is -2.08. The molecular formula is C14H16N2. The molecule has 0 bridgehead atoms. The van der Waals surface area contributed by atoms with Gasteiger partial charge >= 0.3 is 0 Å². The van der Waals surface area contributed by atoms with Crippen molar-refractivity contribution in [2.75, 3.05) is 0 Å². The summed E-state index contributed by atoms with van der Waals surface area (Å²) < 4.78 is 0. The molecule has 2 nitrogen and oxygen atoms in total. The highest BCUT2D eigenvalue weighted by atomic mass is 14.7. The Hall–Kier alpha value is -1.70. The first-order valence-electron chi connectivity index (χ1n) is 5.67.